The number of carbonyl (C=O) groups is 3. The lowest BCUT2D eigenvalue weighted by Gasteiger charge is -2.28. The van der Waals surface area contributed by atoms with E-state index in [4.69, 9.17) is 4.74 Å². The van der Waals surface area contributed by atoms with E-state index in [2.05, 4.69) is 19.9 Å². The number of hydrogen-bond donors (Lipinski definition) is 1. The predicted molar refractivity (Wildman–Crippen MR) is 126 cm³/mol. The molecule has 2 aromatic rings. The molecule has 1 N–H and O–H groups in total. The van der Waals surface area contributed by atoms with Crippen LogP contribution in [0.2, 0.25) is 0 Å². The molecular formula is C23H22F3N3O6S. The van der Waals surface area contributed by atoms with Crippen molar-refractivity contribution in [2.75, 3.05) is 19.5 Å². The number of ether oxygens (including phenoxy) is 3. The second-order valence-electron chi connectivity index (χ2n) is 7.38. The number of hydrogen-bond acceptors (Lipinski definition) is 8. The van der Waals surface area contributed by atoms with Crippen LogP contribution in [0.15, 0.2) is 47.6 Å². The SMILES string of the molecule is CCC1SC(=O)N(Cc2ccc(NC(=O)C(=O)OC)cc2)N=C1c1ccc(OC(F)(F)F)c(OC)c1. The maximum atomic E-state index is 12.7. The summed E-state index contributed by atoms with van der Waals surface area (Å²) in [6, 6.07) is 10.4. The topological polar surface area (TPSA) is 107 Å². The number of alkyl halides is 3. The molecule has 0 aromatic heterocycles. The molecule has 1 aliphatic rings. The van der Waals surface area contributed by atoms with Gasteiger partial charge in [-0.05, 0) is 42.3 Å². The van der Waals surface area contributed by atoms with Crippen LogP contribution < -0.4 is 14.8 Å². The molecule has 0 saturated carbocycles. The van der Waals surface area contributed by atoms with E-state index < -0.39 is 24.0 Å². The van der Waals surface area contributed by atoms with Crippen molar-refractivity contribution in [1.82, 2.24) is 5.01 Å². The van der Waals surface area contributed by atoms with Crippen LogP contribution >= 0.6 is 11.8 Å². The Kier molecular flexibility index (Phi) is 8.45. The van der Waals surface area contributed by atoms with E-state index in [0.717, 1.165) is 24.9 Å². The molecule has 0 bridgehead atoms. The van der Waals surface area contributed by atoms with Gasteiger partial charge in [0, 0.05) is 11.3 Å². The van der Waals surface area contributed by atoms with Crippen LogP contribution in [0.25, 0.3) is 0 Å². The maximum absolute atomic E-state index is 12.7. The fraction of sp³-hybridized carbons (Fsp3) is 0.304. The second-order valence-corrected chi connectivity index (χ2v) is 8.53. The minimum Gasteiger partial charge on any atom is -0.493 e. The predicted octanol–water partition coefficient (Wildman–Crippen LogP) is 4.56. The van der Waals surface area contributed by atoms with Crippen molar-refractivity contribution in [2.24, 2.45) is 5.10 Å². The van der Waals surface area contributed by atoms with Crippen molar-refractivity contribution in [1.29, 1.82) is 0 Å². The number of nitrogens with one attached hydrogen (secondary N) is 1. The zero-order valence-corrected chi connectivity index (χ0v) is 20.2. The van der Waals surface area contributed by atoms with Gasteiger partial charge in [-0.2, -0.15) is 5.10 Å². The summed E-state index contributed by atoms with van der Waals surface area (Å²) < 4.78 is 51.5. The Hall–Kier alpha value is -3.74. The largest absolute Gasteiger partial charge is 0.573 e. The Morgan fingerprint density at radius 3 is 2.39 bits per heavy atom. The van der Waals surface area contributed by atoms with Gasteiger partial charge in [0.25, 0.3) is 0 Å². The molecule has 0 saturated heterocycles. The van der Waals surface area contributed by atoms with Crippen molar-refractivity contribution < 1.29 is 41.8 Å². The van der Waals surface area contributed by atoms with Gasteiger partial charge in [-0.15, -0.1) is 13.2 Å². The number of benzene rings is 2. The highest BCUT2D eigenvalue weighted by Gasteiger charge is 2.34. The van der Waals surface area contributed by atoms with Gasteiger partial charge in [-0.25, -0.2) is 9.80 Å². The van der Waals surface area contributed by atoms with Crippen LogP contribution in [0, 0.1) is 0 Å². The summed E-state index contributed by atoms with van der Waals surface area (Å²) in [5.74, 6) is -2.56. The third-order valence-electron chi connectivity index (χ3n) is 4.96. The van der Waals surface area contributed by atoms with Gasteiger partial charge in [0.1, 0.15) is 0 Å². The summed E-state index contributed by atoms with van der Waals surface area (Å²) in [5, 5.41) is 7.52. The molecule has 0 spiro atoms. The molecule has 0 radical (unpaired) electrons. The third kappa shape index (κ3) is 6.68. The van der Waals surface area contributed by atoms with Crippen molar-refractivity contribution in [3.05, 3.63) is 53.6 Å². The van der Waals surface area contributed by atoms with Gasteiger partial charge >= 0.3 is 23.5 Å². The lowest BCUT2D eigenvalue weighted by atomic mass is 10.0. The van der Waals surface area contributed by atoms with E-state index >= 15 is 0 Å². The maximum Gasteiger partial charge on any atom is 0.573 e. The minimum absolute atomic E-state index is 0.101. The van der Waals surface area contributed by atoms with E-state index in [9.17, 15) is 27.6 Å². The van der Waals surface area contributed by atoms with Gasteiger partial charge in [0.05, 0.1) is 31.7 Å². The first-order chi connectivity index (χ1) is 17.0. The van der Waals surface area contributed by atoms with Crippen LogP contribution in [0.4, 0.5) is 23.7 Å². The van der Waals surface area contributed by atoms with Crippen LogP contribution in [0.1, 0.15) is 24.5 Å². The van der Waals surface area contributed by atoms with Gasteiger partial charge in [-0.1, -0.05) is 30.8 Å². The summed E-state index contributed by atoms with van der Waals surface area (Å²) in [5.41, 5.74) is 2.03. The fourth-order valence-corrected chi connectivity index (χ4v) is 4.20. The molecule has 36 heavy (non-hydrogen) atoms. The summed E-state index contributed by atoms with van der Waals surface area (Å²) in [4.78, 5) is 35.6. The lowest BCUT2D eigenvalue weighted by Crippen LogP contribution is -2.34. The van der Waals surface area contributed by atoms with E-state index in [1.807, 2.05) is 6.92 Å². The monoisotopic (exact) mass is 525 g/mol. The first-order valence-corrected chi connectivity index (χ1v) is 11.4. The molecular weight excluding hydrogens is 503 g/mol. The van der Waals surface area contributed by atoms with Gasteiger partial charge in [0.2, 0.25) is 0 Å². The van der Waals surface area contributed by atoms with Crippen molar-refractivity contribution >= 4 is 40.3 Å². The lowest BCUT2D eigenvalue weighted by molar-refractivity contribution is -0.275. The number of thioether (sulfide) groups is 1. The third-order valence-corrected chi connectivity index (χ3v) is 6.21. The molecule has 2 aromatic carbocycles. The van der Waals surface area contributed by atoms with Crippen LogP contribution in [0.5, 0.6) is 11.5 Å². The van der Waals surface area contributed by atoms with Crippen LogP contribution in [0.3, 0.4) is 0 Å². The Morgan fingerprint density at radius 2 is 1.81 bits per heavy atom. The van der Waals surface area contributed by atoms with Crippen LogP contribution in [-0.2, 0) is 20.9 Å². The van der Waals surface area contributed by atoms with Gasteiger partial charge in [-0.3, -0.25) is 9.59 Å². The number of rotatable bonds is 7. The number of amides is 2. The Morgan fingerprint density at radius 1 is 1.11 bits per heavy atom. The number of carbonyl (C=O) groups excluding carboxylic acids is 3. The number of anilines is 1. The fourth-order valence-electron chi connectivity index (χ4n) is 3.27. The van der Waals surface area contributed by atoms with Crippen molar-refractivity contribution in [3.63, 3.8) is 0 Å². The summed E-state index contributed by atoms with van der Waals surface area (Å²) in [7, 11) is 2.32. The van der Waals surface area contributed by atoms with Crippen LogP contribution in [-0.4, -0.2) is 53.7 Å². The second kappa shape index (κ2) is 11.3. The van der Waals surface area contributed by atoms with E-state index in [0.29, 0.717) is 28.9 Å². The molecule has 13 heteroatoms. The molecule has 1 atom stereocenters. The summed E-state index contributed by atoms with van der Waals surface area (Å²) in [6.07, 6.45) is -4.32. The van der Waals surface area contributed by atoms with Gasteiger partial charge in [0.15, 0.2) is 11.5 Å². The number of hydrazone groups is 1. The Labute approximate surface area is 208 Å². The molecule has 0 fully saturated rings. The molecule has 0 aliphatic carbocycles. The first-order valence-electron chi connectivity index (χ1n) is 10.5. The molecule has 3 rings (SSSR count). The van der Waals surface area contributed by atoms with E-state index in [-0.39, 0.29) is 22.8 Å². The zero-order valence-electron chi connectivity index (χ0n) is 19.4. The molecule has 2 amide bonds. The van der Waals surface area contributed by atoms with E-state index in [1.165, 1.54) is 24.3 Å². The normalized spacial score (nSPS) is 15.7. The summed E-state index contributed by atoms with van der Waals surface area (Å²) >= 11 is 1.06. The number of halogens is 3. The molecule has 1 heterocycles. The minimum atomic E-state index is -4.88. The smallest absolute Gasteiger partial charge is 0.493 e. The highest BCUT2D eigenvalue weighted by molar-refractivity contribution is 8.14. The summed E-state index contributed by atoms with van der Waals surface area (Å²) in [6.45, 7) is 1.97. The average molecular weight is 526 g/mol. The Balaban J connectivity index is 1.83. The van der Waals surface area contributed by atoms with E-state index in [1.54, 1.807) is 24.3 Å². The molecule has 9 nitrogen and oxygen atoms in total. The number of esters is 1. The zero-order chi connectivity index (χ0) is 26.5. The first kappa shape index (κ1) is 26.9. The number of methoxy groups -OCH3 is 2. The van der Waals surface area contributed by atoms with Gasteiger partial charge < -0.3 is 19.5 Å². The van der Waals surface area contributed by atoms with Crippen molar-refractivity contribution in [2.45, 2.75) is 31.5 Å². The molecule has 1 unspecified atom stereocenters. The quantitative estimate of drug-likeness (QED) is 0.417. The molecule has 1 aliphatic heterocycles. The van der Waals surface area contributed by atoms with Crippen molar-refractivity contribution in [3.8, 4) is 11.5 Å². The highest BCUT2D eigenvalue weighted by atomic mass is 32.2. The highest BCUT2D eigenvalue weighted by Crippen LogP contribution is 2.36. The molecule has 192 valence electrons. The Bertz CT molecular complexity index is 1170. The number of nitrogens with zero attached hydrogens (tertiary/aromatic N) is 2. The average Bonchev–Trinajstić information content (AvgIpc) is 2.84. The standard InChI is InChI=1S/C23H22F3N3O6S/c1-4-18-19(14-7-10-16(17(11-14)33-2)35-23(24,25)26)28-29(22(32)36-18)12-13-5-8-15(9-6-13)27-20(30)21(31)34-3/h5-11,18H,4,12H2,1-3H3,(H,27,30).